The number of hydrogen-bond acceptors (Lipinski definition) is 5. The number of urea groups is 1. The summed E-state index contributed by atoms with van der Waals surface area (Å²) in [4.78, 5) is 41.6. The van der Waals surface area contributed by atoms with Crippen LogP contribution in [0.3, 0.4) is 0 Å². The Balaban J connectivity index is 1.80. The molecule has 1 saturated heterocycles. The minimum Gasteiger partial charge on any atom is -0.396 e. The van der Waals surface area contributed by atoms with Gasteiger partial charge in [-0.05, 0) is 43.7 Å². The van der Waals surface area contributed by atoms with Gasteiger partial charge in [0.1, 0.15) is 5.82 Å². The highest BCUT2D eigenvalue weighted by Gasteiger charge is 2.57. The highest BCUT2D eigenvalue weighted by molar-refractivity contribution is 5.84. The third-order valence-electron chi connectivity index (χ3n) is 6.75. The molecule has 2 aliphatic heterocycles. The average molecular weight is 487 g/mol. The molecule has 188 valence electrons. The van der Waals surface area contributed by atoms with Crippen LogP contribution in [0.5, 0.6) is 0 Å². The number of pyridine rings is 1. The van der Waals surface area contributed by atoms with Gasteiger partial charge in [-0.15, -0.1) is 0 Å². The molecule has 3 N–H and O–H groups in total. The Bertz CT molecular complexity index is 1150. The molecule has 3 heterocycles. The van der Waals surface area contributed by atoms with Crippen LogP contribution in [0, 0.1) is 17.7 Å². The van der Waals surface area contributed by atoms with Crippen LogP contribution in [-0.2, 0) is 16.1 Å². The fraction of sp³-hybridized carbons (Fsp3) is 0.480. The van der Waals surface area contributed by atoms with Crippen molar-refractivity contribution >= 4 is 11.9 Å². The van der Waals surface area contributed by atoms with Crippen molar-refractivity contribution in [3.63, 3.8) is 0 Å². The highest BCUT2D eigenvalue weighted by atomic mass is 19.1. The second-order valence-electron chi connectivity index (χ2n) is 9.27. The molecule has 2 aliphatic rings. The van der Waals surface area contributed by atoms with Gasteiger partial charge in [-0.2, -0.15) is 0 Å². The van der Waals surface area contributed by atoms with E-state index in [0.29, 0.717) is 23.4 Å². The predicted molar refractivity (Wildman–Crippen MR) is 127 cm³/mol. The van der Waals surface area contributed by atoms with Crippen molar-refractivity contribution in [2.75, 3.05) is 26.9 Å². The zero-order valence-corrected chi connectivity index (χ0v) is 20.0. The summed E-state index contributed by atoms with van der Waals surface area (Å²) in [5.41, 5.74) is 1.21. The van der Waals surface area contributed by atoms with Crippen LogP contribution in [0.1, 0.15) is 25.6 Å². The number of aliphatic hydroxyl groups excluding tert-OH is 1. The van der Waals surface area contributed by atoms with Gasteiger partial charge in [0, 0.05) is 50.0 Å². The Morgan fingerprint density at radius 1 is 1.20 bits per heavy atom. The molecule has 35 heavy (non-hydrogen) atoms. The van der Waals surface area contributed by atoms with E-state index in [1.807, 2.05) is 13.8 Å². The number of halogens is 1. The van der Waals surface area contributed by atoms with Crippen LogP contribution >= 0.6 is 0 Å². The van der Waals surface area contributed by atoms with Crippen LogP contribution < -0.4 is 16.2 Å². The van der Waals surface area contributed by atoms with E-state index in [2.05, 4.69) is 10.6 Å². The smallest absolute Gasteiger partial charge is 0.318 e. The van der Waals surface area contributed by atoms with E-state index >= 15 is 0 Å². The Morgan fingerprint density at radius 3 is 2.54 bits per heavy atom. The number of hydrogen-bond donors (Lipinski definition) is 3. The van der Waals surface area contributed by atoms with E-state index in [9.17, 15) is 23.9 Å². The first-order valence-electron chi connectivity index (χ1n) is 11.7. The predicted octanol–water partition coefficient (Wildman–Crippen LogP) is 1.50. The maximum Gasteiger partial charge on any atom is 0.318 e. The standard InChI is InChI=1S/C25H31FN4O5/c1-14(2)28-25(34)30-20-12-29-19(9-8-17(24(29)33)15-4-6-16(26)7-5-15)22(30)21(18(20)13-31)23(32)27-10-11-35-3/h4-9,14,18,20-22,31H,10-13H2,1-3H3,(H,27,32)(H,28,34)/t18-,20-,21+,22+/m1/s1. The highest BCUT2D eigenvalue weighted by Crippen LogP contribution is 2.48. The van der Waals surface area contributed by atoms with Gasteiger partial charge in [-0.3, -0.25) is 9.59 Å². The van der Waals surface area contributed by atoms with E-state index in [-0.39, 0.29) is 43.2 Å². The quantitative estimate of drug-likeness (QED) is 0.514. The van der Waals surface area contributed by atoms with Crippen molar-refractivity contribution in [1.29, 1.82) is 0 Å². The number of aliphatic hydroxyl groups is 1. The van der Waals surface area contributed by atoms with Crippen molar-refractivity contribution in [2.24, 2.45) is 11.8 Å². The van der Waals surface area contributed by atoms with Gasteiger partial charge in [-0.25, -0.2) is 9.18 Å². The van der Waals surface area contributed by atoms with Gasteiger partial charge in [0.25, 0.3) is 5.56 Å². The molecule has 9 nitrogen and oxygen atoms in total. The molecule has 0 unspecified atom stereocenters. The number of carbonyl (C=O) groups is 2. The van der Waals surface area contributed by atoms with Gasteiger partial charge >= 0.3 is 6.03 Å². The molecule has 2 aromatic rings. The maximum atomic E-state index is 13.5. The van der Waals surface area contributed by atoms with Crippen molar-refractivity contribution in [1.82, 2.24) is 20.1 Å². The normalized spacial score (nSPS) is 22.7. The first-order valence-corrected chi connectivity index (χ1v) is 11.7. The fourth-order valence-corrected chi connectivity index (χ4v) is 5.25. The Morgan fingerprint density at radius 2 is 1.91 bits per heavy atom. The van der Waals surface area contributed by atoms with E-state index < -0.39 is 29.7 Å². The molecule has 0 aliphatic carbocycles. The molecule has 1 aromatic carbocycles. The summed E-state index contributed by atoms with van der Waals surface area (Å²) in [5.74, 6) is -2.01. The monoisotopic (exact) mass is 486 g/mol. The summed E-state index contributed by atoms with van der Waals surface area (Å²) in [6, 6.07) is 7.29. The van der Waals surface area contributed by atoms with Gasteiger partial charge in [0.05, 0.1) is 24.6 Å². The van der Waals surface area contributed by atoms with Crippen LogP contribution in [0.15, 0.2) is 41.2 Å². The van der Waals surface area contributed by atoms with Crippen molar-refractivity contribution in [2.45, 2.75) is 38.5 Å². The summed E-state index contributed by atoms with van der Waals surface area (Å²) in [6.45, 7) is 4.12. The van der Waals surface area contributed by atoms with Gasteiger partial charge in [-0.1, -0.05) is 12.1 Å². The molecule has 0 radical (unpaired) electrons. The lowest BCUT2D eigenvalue weighted by Gasteiger charge is -2.38. The lowest BCUT2D eigenvalue weighted by molar-refractivity contribution is -0.127. The van der Waals surface area contributed by atoms with Crippen LogP contribution in [0.25, 0.3) is 11.1 Å². The summed E-state index contributed by atoms with van der Waals surface area (Å²) in [7, 11) is 1.53. The van der Waals surface area contributed by atoms with Gasteiger partial charge < -0.3 is 29.9 Å². The molecule has 4 rings (SSSR count). The number of nitrogens with one attached hydrogen (secondary N) is 2. The largest absolute Gasteiger partial charge is 0.396 e. The third-order valence-corrected chi connectivity index (χ3v) is 6.75. The molecule has 2 bridgehead atoms. The number of carbonyl (C=O) groups excluding carboxylic acids is 2. The van der Waals surface area contributed by atoms with Crippen molar-refractivity contribution in [3.05, 3.63) is 58.3 Å². The van der Waals surface area contributed by atoms with Crippen LogP contribution in [0.2, 0.25) is 0 Å². The molecule has 0 spiro atoms. The molecular weight excluding hydrogens is 455 g/mol. The number of ether oxygens (including phenoxy) is 1. The molecule has 1 fully saturated rings. The van der Waals surface area contributed by atoms with Gasteiger partial charge in [0.15, 0.2) is 0 Å². The van der Waals surface area contributed by atoms with Crippen molar-refractivity contribution in [3.8, 4) is 11.1 Å². The SMILES string of the molecule is COCCNC(=O)[C@H]1[C@H](CO)[C@H]2Cn3c(ccc(-c4ccc(F)cc4)c3=O)[C@@H]1N2C(=O)NC(C)C. The zero-order chi connectivity index (χ0) is 25.3. The fourth-order valence-electron chi connectivity index (χ4n) is 5.25. The Kier molecular flexibility index (Phi) is 7.23. The first kappa shape index (κ1) is 24.9. The molecule has 0 saturated carbocycles. The summed E-state index contributed by atoms with van der Waals surface area (Å²) >= 11 is 0. The second kappa shape index (κ2) is 10.2. The second-order valence-corrected chi connectivity index (χ2v) is 9.27. The number of methoxy groups -OCH3 is 1. The lowest BCUT2D eigenvalue weighted by Crippen LogP contribution is -2.53. The number of nitrogens with zero attached hydrogens (tertiary/aromatic N) is 2. The van der Waals surface area contributed by atoms with E-state index in [4.69, 9.17) is 4.74 Å². The van der Waals surface area contributed by atoms with Crippen LogP contribution in [-0.4, -0.2) is 65.5 Å². The summed E-state index contributed by atoms with van der Waals surface area (Å²) in [5, 5.41) is 16.0. The number of benzene rings is 1. The first-order chi connectivity index (χ1) is 16.8. The zero-order valence-electron chi connectivity index (χ0n) is 20.0. The Labute approximate surface area is 202 Å². The minimum atomic E-state index is -0.746. The number of rotatable bonds is 7. The number of amides is 3. The van der Waals surface area contributed by atoms with Crippen molar-refractivity contribution < 1.29 is 23.8 Å². The topological polar surface area (TPSA) is 113 Å². The summed E-state index contributed by atoms with van der Waals surface area (Å²) < 4.78 is 20.0. The minimum absolute atomic E-state index is 0.131. The molecular formula is C25H31FN4O5. The number of aromatic nitrogens is 1. The van der Waals surface area contributed by atoms with Gasteiger partial charge in [0.2, 0.25) is 5.91 Å². The van der Waals surface area contributed by atoms with E-state index in [0.717, 1.165) is 0 Å². The average Bonchev–Trinajstić information content (AvgIpc) is 3.07. The maximum absolute atomic E-state index is 13.5. The van der Waals surface area contributed by atoms with Crippen LogP contribution in [0.4, 0.5) is 9.18 Å². The lowest BCUT2D eigenvalue weighted by atomic mass is 9.86. The summed E-state index contributed by atoms with van der Waals surface area (Å²) in [6.07, 6.45) is 0. The number of fused-ring (bicyclic) bond motifs is 4. The molecule has 4 atom stereocenters. The van der Waals surface area contributed by atoms with E-state index in [1.165, 1.54) is 19.2 Å². The third kappa shape index (κ3) is 4.55. The Hall–Kier alpha value is -3.24. The molecule has 10 heteroatoms. The molecule has 1 aromatic heterocycles. The molecule has 3 amide bonds. The van der Waals surface area contributed by atoms with E-state index in [1.54, 1.807) is 33.7 Å².